The van der Waals surface area contributed by atoms with Crippen LogP contribution in [0.2, 0.25) is 0 Å². The molecule has 1 saturated heterocycles. The Balaban J connectivity index is 1.84. The van der Waals surface area contributed by atoms with Crippen molar-refractivity contribution < 1.29 is 9.47 Å². The highest BCUT2D eigenvalue weighted by atomic mass is 16.5. The summed E-state index contributed by atoms with van der Waals surface area (Å²) in [6.45, 7) is 3.70. The van der Waals surface area contributed by atoms with Crippen molar-refractivity contribution in [1.29, 1.82) is 0 Å². The van der Waals surface area contributed by atoms with Crippen LogP contribution >= 0.6 is 0 Å². The molecule has 0 spiro atoms. The monoisotopic (exact) mass is 375 g/mol. The van der Waals surface area contributed by atoms with E-state index < -0.39 is 0 Å². The topological polar surface area (TPSA) is 46.1 Å². The van der Waals surface area contributed by atoms with Crippen molar-refractivity contribution in [1.82, 2.24) is 10.2 Å². The van der Waals surface area contributed by atoms with Gasteiger partial charge in [0.1, 0.15) is 17.3 Å². The number of nitrogens with zero attached hydrogens (tertiary/aromatic N) is 2. The molecule has 0 unspecified atom stereocenters. The Morgan fingerprint density at radius 1 is 0.893 bits per heavy atom. The Kier molecular flexibility index (Phi) is 5.44. The third-order valence-electron chi connectivity index (χ3n) is 5.03. The number of hydrogen-bond donors (Lipinski definition) is 1. The molecule has 1 fully saturated rings. The Morgan fingerprint density at radius 3 is 2.21 bits per heavy atom. The van der Waals surface area contributed by atoms with Gasteiger partial charge in [-0.3, -0.25) is 0 Å². The van der Waals surface area contributed by atoms with Crippen molar-refractivity contribution in [3.63, 3.8) is 0 Å². The molecule has 1 aliphatic heterocycles. The van der Waals surface area contributed by atoms with E-state index in [0.717, 1.165) is 60.2 Å². The first kappa shape index (κ1) is 18.3. The predicted molar refractivity (Wildman–Crippen MR) is 114 cm³/mol. The van der Waals surface area contributed by atoms with Crippen LogP contribution in [0.5, 0.6) is 11.5 Å². The normalized spacial score (nSPS) is 14.9. The summed E-state index contributed by atoms with van der Waals surface area (Å²) in [5, 5.41) is 5.75. The van der Waals surface area contributed by atoms with E-state index in [-0.39, 0.29) is 0 Å². The fraction of sp³-hybridized carbons (Fsp3) is 0.261. The van der Waals surface area contributed by atoms with Crippen molar-refractivity contribution in [2.24, 2.45) is 4.99 Å². The van der Waals surface area contributed by atoms with E-state index in [2.05, 4.69) is 40.5 Å². The van der Waals surface area contributed by atoms with Crippen molar-refractivity contribution in [3.05, 3.63) is 66.2 Å². The first-order valence-electron chi connectivity index (χ1n) is 9.54. The number of benzene rings is 3. The van der Waals surface area contributed by atoms with E-state index in [9.17, 15) is 0 Å². The molecule has 4 rings (SSSR count). The van der Waals surface area contributed by atoms with E-state index >= 15 is 0 Å². The van der Waals surface area contributed by atoms with E-state index in [4.69, 9.17) is 14.5 Å². The third kappa shape index (κ3) is 3.80. The minimum Gasteiger partial charge on any atom is -0.497 e. The molecular weight excluding hydrogens is 350 g/mol. The Hall–Kier alpha value is -3.05. The zero-order valence-electron chi connectivity index (χ0n) is 16.3. The largest absolute Gasteiger partial charge is 0.497 e. The highest BCUT2D eigenvalue weighted by Crippen LogP contribution is 2.29. The molecule has 28 heavy (non-hydrogen) atoms. The number of rotatable bonds is 4. The van der Waals surface area contributed by atoms with E-state index in [0.29, 0.717) is 0 Å². The summed E-state index contributed by atoms with van der Waals surface area (Å²) < 4.78 is 11.0. The number of amidine groups is 1. The van der Waals surface area contributed by atoms with Crippen LogP contribution in [-0.4, -0.2) is 51.1 Å². The second-order valence-corrected chi connectivity index (χ2v) is 6.77. The second-order valence-electron chi connectivity index (χ2n) is 6.77. The van der Waals surface area contributed by atoms with Crippen LogP contribution in [0.15, 0.2) is 65.7 Å². The van der Waals surface area contributed by atoms with Gasteiger partial charge in [0.25, 0.3) is 0 Å². The Labute approximate surface area is 165 Å². The molecule has 5 heteroatoms. The lowest BCUT2D eigenvalue weighted by molar-refractivity contribution is 0.355. The maximum absolute atomic E-state index is 5.76. The number of hydrogen-bond acceptors (Lipinski definition) is 4. The summed E-state index contributed by atoms with van der Waals surface area (Å²) in [5.41, 5.74) is 1.91. The number of piperazine rings is 1. The molecule has 1 heterocycles. The molecule has 3 aromatic rings. The van der Waals surface area contributed by atoms with Gasteiger partial charge in [-0.15, -0.1) is 0 Å². The highest BCUT2D eigenvalue weighted by Gasteiger charge is 2.20. The van der Waals surface area contributed by atoms with E-state index in [1.807, 2.05) is 30.3 Å². The number of methoxy groups -OCH3 is 2. The minimum absolute atomic E-state index is 0.825. The molecule has 0 aliphatic carbocycles. The molecule has 3 aromatic carbocycles. The Morgan fingerprint density at radius 2 is 1.57 bits per heavy atom. The zero-order valence-corrected chi connectivity index (χ0v) is 16.3. The van der Waals surface area contributed by atoms with Crippen LogP contribution in [-0.2, 0) is 0 Å². The number of fused-ring (bicyclic) bond motifs is 1. The van der Waals surface area contributed by atoms with Gasteiger partial charge in [-0.25, -0.2) is 4.99 Å². The van der Waals surface area contributed by atoms with Crippen molar-refractivity contribution in [2.45, 2.75) is 0 Å². The SMILES string of the molecule is COc1ccc(N=C(c2cc3ccccc3cc2OC)N2CCNCC2)cc1. The lowest BCUT2D eigenvalue weighted by Gasteiger charge is -2.31. The van der Waals surface area contributed by atoms with Gasteiger partial charge >= 0.3 is 0 Å². The van der Waals surface area contributed by atoms with Gasteiger partial charge in [-0.05, 0) is 47.2 Å². The first-order chi connectivity index (χ1) is 13.8. The summed E-state index contributed by atoms with van der Waals surface area (Å²) in [6, 6.07) is 20.4. The van der Waals surface area contributed by atoms with Crippen LogP contribution in [0.1, 0.15) is 5.56 Å². The van der Waals surface area contributed by atoms with E-state index in [1.165, 1.54) is 5.39 Å². The maximum Gasteiger partial charge on any atom is 0.140 e. The standard InChI is InChI=1S/C23H25N3O2/c1-27-20-9-7-19(8-10-20)25-23(26-13-11-24-12-14-26)21-15-17-5-3-4-6-18(17)16-22(21)28-2/h3-10,15-16,24H,11-14H2,1-2H3. The molecule has 0 atom stereocenters. The first-order valence-corrected chi connectivity index (χ1v) is 9.54. The van der Waals surface area contributed by atoms with Gasteiger partial charge < -0.3 is 19.7 Å². The van der Waals surface area contributed by atoms with Gasteiger partial charge in [0.05, 0.1) is 25.5 Å². The lowest BCUT2D eigenvalue weighted by atomic mass is 10.0. The van der Waals surface area contributed by atoms with Crippen molar-refractivity contribution in [3.8, 4) is 11.5 Å². The second kappa shape index (κ2) is 8.31. The molecule has 0 amide bonds. The van der Waals surface area contributed by atoms with Crippen LogP contribution in [0.3, 0.4) is 0 Å². The van der Waals surface area contributed by atoms with Crippen molar-refractivity contribution >= 4 is 22.3 Å². The van der Waals surface area contributed by atoms with Crippen LogP contribution in [0, 0.1) is 0 Å². The third-order valence-corrected chi connectivity index (χ3v) is 5.03. The van der Waals surface area contributed by atoms with Crippen LogP contribution in [0.25, 0.3) is 10.8 Å². The van der Waals surface area contributed by atoms with E-state index in [1.54, 1.807) is 14.2 Å². The number of aliphatic imine (C=N–C) groups is 1. The molecular formula is C23H25N3O2. The molecule has 1 N–H and O–H groups in total. The van der Waals surface area contributed by atoms with Crippen LogP contribution in [0.4, 0.5) is 5.69 Å². The molecule has 144 valence electrons. The minimum atomic E-state index is 0.825. The molecule has 1 aliphatic rings. The average Bonchev–Trinajstić information content (AvgIpc) is 2.77. The quantitative estimate of drug-likeness (QED) is 0.556. The molecule has 0 radical (unpaired) electrons. The lowest BCUT2D eigenvalue weighted by Crippen LogP contribution is -2.46. The summed E-state index contributed by atoms with van der Waals surface area (Å²) in [5.74, 6) is 2.60. The molecule has 0 saturated carbocycles. The number of ether oxygens (including phenoxy) is 2. The number of nitrogens with one attached hydrogen (secondary N) is 1. The Bertz CT molecular complexity index is 977. The predicted octanol–water partition coefficient (Wildman–Crippen LogP) is 3.84. The zero-order chi connectivity index (χ0) is 19.3. The summed E-state index contributed by atoms with van der Waals surface area (Å²) in [4.78, 5) is 7.35. The van der Waals surface area contributed by atoms with Gasteiger partial charge in [-0.2, -0.15) is 0 Å². The van der Waals surface area contributed by atoms with Crippen molar-refractivity contribution in [2.75, 3.05) is 40.4 Å². The van der Waals surface area contributed by atoms with Gasteiger partial charge in [0.2, 0.25) is 0 Å². The molecule has 0 bridgehead atoms. The maximum atomic E-state index is 5.76. The van der Waals surface area contributed by atoms with Gasteiger partial charge in [-0.1, -0.05) is 24.3 Å². The highest BCUT2D eigenvalue weighted by molar-refractivity contribution is 6.06. The van der Waals surface area contributed by atoms with Gasteiger partial charge in [0.15, 0.2) is 0 Å². The fourth-order valence-electron chi connectivity index (χ4n) is 3.52. The average molecular weight is 375 g/mol. The molecule has 5 nitrogen and oxygen atoms in total. The smallest absolute Gasteiger partial charge is 0.140 e. The summed E-state index contributed by atoms with van der Waals surface area (Å²) in [7, 11) is 3.39. The summed E-state index contributed by atoms with van der Waals surface area (Å²) >= 11 is 0. The molecule has 0 aromatic heterocycles. The van der Waals surface area contributed by atoms with Gasteiger partial charge in [0, 0.05) is 26.2 Å². The fourth-order valence-corrected chi connectivity index (χ4v) is 3.52. The summed E-state index contributed by atoms with van der Waals surface area (Å²) in [6.07, 6.45) is 0. The van der Waals surface area contributed by atoms with Crippen LogP contribution < -0.4 is 14.8 Å².